The van der Waals surface area contributed by atoms with Crippen molar-refractivity contribution < 1.29 is 13.2 Å². The molecule has 3 aromatic rings. The van der Waals surface area contributed by atoms with Crippen LogP contribution in [0.15, 0.2) is 64.7 Å². The number of ether oxygens (including phenoxy) is 1. The minimum Gasteiger partial charge on any atom is -0.494 e. The van der Waals surface area contributed by atoms with Gasteiger partial charge in [-0.1, -0.05) is 12.1 Å². The van der Waals surface area contributed by atoms with Crippen LogP contribution in [-0.4, -0.2) is 31.2 Å². The Bertz CT molecular complexity index is 1000. The summed E-state index contributed by atoms with van der Waals surface area (Å²) in [5, 5.41) is 3.76. The first-order valence-corrected chi connectivity index (χ1v) is 9.06. The van der Waals surface area contributed by atoms with Crippen molar-refractivity contribution in [3.05, 3.63) is 60.4 Å². The van der Waals surface area contributed by atoms with Crippen molar-refractivity contribution in [2.75, 3.05) is 6.61 Å². The van der Waals surface area contributed by atoms with E-state index >= 15 is 0 Å². The van der Waals surface area contributed by atoms with E-state index in [9.17, 15) is 8.42 Å². The molecule has 2 aromatic carbocycles. The number of aromatic nitrogens is 2. The van der Waals surface area contributed by atoms with E-state index in [1.807, 2.05) is 31.2 Å². The molecule has 0 spiro atoms. The van der Waals surface area contributed by atoms with Gasteiger partial charge >= 0.3 is 0 Å². The molecule has 0 bridgehead atoms. The molecule has 1 heterocycles. The van der Waals surface area contributed by atoms with Crippen LogP contribution >= 0.6 is 0 Å². The third-order valence-electron chi connectivity index (χ3n) is 3.28. The van der Waals surface area contributed by atoms with Crippen LogP contribution in [0.4, 0.5) is 0 Å². The second-order valence-electron chi connectivity index (χ2n) is 5.04. The average Bonchev–Trinajstić information content (AvgIpc) is 2.62. The Morgan fingerprint density at radius 2 is 1.84 bits per heavy atom. The van der Waals surface area contributed by atoms with Gasteiger partial charge in [0.05, 0.1) is 34.9 Å². The van der Waals surface area contributed by atoms with E-state index in [-0.39, 0.29) is 4.90 Å². The lowest BCUT2D eigenvalue weighted by Gasteiger charge is -2.05. The number of fused-ring (bicyclic) bond motifs is 1. The predicted octanol–water partition coefficient (Wildman–Crippen LogP) is 2.34. The van der Waals surface area contributed by atoms with E-state index in [1.165, 1.54) is 24.5 Å². The van der Waals surface area contributed by atoms with Crippen molar-refractivity contribution >= 4 is 27.3 Å². The number of para-hydroxylation sites is 2. The minimum absolute atomic E-state index is 0.0951. The van der Waals surface area contributed by atoms with Crippen LogP contribution in [0.3, 0.4) is 0 Å². The van der Waals surface area contributed by atoms with Gasteiger partial charge in [0.1, 0.15) is 11.4 Å². The Kier molecular flexibility index (Phi) is 4.90. The zero-order chi connectivity index (χ0) is 17.7. The molecule has 3 rings (SSSR count). The van der Waals surface area contributed by atoms with Crippen molar-refractivity contribution in [3.63, 3.8) is 0 Å². The lowest BCUT2D eigenvalue weighted by Crippen LogP contribution is -2.18. The van der Waals surface area contributed by atoms with Crippen molar-refractivity contribution in [3.8, 4) is 5.75 Å². The molecule has 0 aliphatic heterocycles. The topological polar surface area (TPSA) is 93.5 Å². The van der Waals surface area contributed by atoms with Crippen LogP contribution < -0.4 is 9.57 Å². The number of sulfonamides is 1. The molecule has 0 aliphatic rings. The van der Waals surface area contributed by atoms with Gasteiger partial charge in [-0.3, -0.25) is 4.98 Å². The van der Waals surface area contributed by atoms with E-state index in [4.69, 9.17) is 4.74 Å². The summed E-state index contributed by atoms with van der Waals surface area (Å²) in [6, 6.07) is 13.5. The van der Waals surface area contributed by atoms with Gasteiger partial charge in [0.25, 0.3) is 10.0 Å². The van der Waals surface area contributed by atoms with Crippen LogP contribution in [0.2, 0.25) is 0 Å². The zero-order valence-electron chi connectivity index (χ0n) is 13.5. The van der Waals surface area contributed by atoms with Crippen molar-refractivity contribution in [1.29, 1.82) is 0 Å². The molecule has 0 unspecified atom stereocenters. The van der Waals surface area contributed by atoms with Gasteiger partial charge in [-0.25, -0.2) is 9.82 Å². The van der Waals surface area contributed by atoms with E-state index < -0.39 is 10.0 Å². The summed E-state index contributed by atoms with van der Waals surface area (Å²) in [7, 11) is -3.76. The van der Waals surface area contributed by atoms with Crippen LogP contribution in [0, 0.1) is 0 Å². The normalized spacial score (nSPS) is 11.7. The summed E-state index contributed by atoms with van der Waals surface area (Å²) in [6.45, 7) is 2.37. The van der Waals surface area contributed by atoms with Gasteiger partial charge in [0, 0.05) is 0 Å². The molecular weight excluding hydrogens is 340 g/mol. The third-order valence-corrected chi connectivity index (χ3v) is 4.52. The molecule has 0 fully saturated rings. The summed E-state index contributed by atoms with van der Waals surface area (Å²) in [6.07, 6.45) is 2.84. The zero-order valence-corrected chi connectivity index (χ0v) is 14.3. The van der Waals surface area contributed by atoms with Gasteiger partial charge in [0.2, 0.25) is 0 Å². The smallest absolute Gasteiger partial charge is 0.276 e. The summed E-state index contributed by atoms with van der Waals surface area (Å²) >= 11 is 0. The van der Waals surface area contributed by atoms with Gasteiger partial charge < -0.3 is 4.74 Å². The molecule has 0 radical (unpaired) electrons. The monoisotopic (exact) mass is 356 g/mol. The summed E-state index contributed by atoms with van der Waals surface area (Å²) in [5.41, 5.74) is 1.92. The van der Waals surface area contributed by atoms with Crippen molar-refractivity contribution in [2.45, 2.75) is 11.8 Å². The van der Waals surface area contributed by atoms with Gasteiger partial charge in [-0.2, -0.15) is 13.5 Å². The lowest BCUT2D eigenvalue weighted by molar-refractivity contribution is 0.340. The Labute approximate surface area is 145 Å². The van der Waals surface area contributed by atoms with E-state index in [2.05, 4.69) is 19.9 Å². The molecule has 8 heteroatoms. The van der Waals surface area contributed by atoms with Crippen LogP contribution in [0.5, 0.6) is 5.75 Å². The highest BCUT2D eigenvalue weighted by Crippen LogP contribution is 2.15. The Morgan fingerprint density at radius 1 is 1.12 bits per heavy atom. The maximum absolute atomic E-state index is 12.2. The number of nitrogens with zero attached hydrogens (tertiary/aromatic N) is 3. The number of benzene rings is 2. The third kappa shape index (κ3) is 4.10. The summed E-state index contributed by atoms with van der Waals surface area (Å²) in [4.78, 5) is 10.8. The maximum Gasteiger partial charge on any atom is 0.276 e. The predicted molar refractivity (Wildman–Crippen MR) is 95.1 cm³/mol. The molecule has 0 amide bonds. The standard InChI is InChI=1S/C17H16N4O3S/c1-2-24-14-7-9-15(10-8-14)25(22,23)21-19-12-13-11-18-16-5-3-4-6-17(16)20-13/h3-12,21H,2H2,1H3/b19-12-. The van der Waals surface area contributed by atoms with Gasteiger partial charge in [0.15, 0.2) is 0 Å². The maximum atomic E-state index is 12.2. The molecule has 0 saturated heterocycles. The Balaban J connectivity index is 1.72. The number of rotatable bonds is 6. The van der Waals surface area contributed by atoms with E-state index in [1.54, 1.807) is 12.1 Å². The number of hydrogen-bond donors (Lipinski definition) is 1. The first kappa shape index (κ1) is 16.8. The van der Waals surface area contributed by atoms with Crippen LogP contribution in [-0.2, 0) is 10.0 Å². The van der Waals surface area contributed by atoms with Gasteiger partial charge in [-0.05, 0) is 43.3 Å². The van der Waals surface area contributed by atoms with E-state index in [0.717, 1.165) is 5.52 Å². The number of nitrogens with one attached hydrogen (secondary N) is 1. The van der Waals surface area contributed by atoms with Crippen LogP contribution in [0.1, 0.15) is 12.6 Å². The largest absolute Gasteiger partial charge is 0.494 e. The summed E-state index contributed by atoms with van der Waals surface area (Å²) in [5.74, 6) is 0.608. The van der Waals surface area contributed by atoms with Crippen molar-refractivity contribution in [1.82, 2.24) is 14.8 Å². The van der Waals surface area contributed by atoms with E-state index in [0.29, 0.717) is 23.6 Å². The number of hydrogen-bond acceptors (Lipinski definition) is 6. The van der Waals surface area contributed by atoms with Crippen LogP contribution in [0.25, 0.3) is 11.0 Å². The average molecular weight is 356 g/mol. The molecule has 1 aromatic heterocycles. The molecule has 25 heavy (non-hydrogen) atoms. The highest BCUT2D eigenvalue weighted by molar-refractivity contribution is 7.89. The Morgan fingerprint density at radius 3 is 2.56 bits per heavy atom. The second kappa shape index (κ2) is 7.27. The molecule has 0 aliphatic carbocycles. The minimum atomic E-state index is -3.76. The van der Waals surface area contributed by atoms with Gasteiger partial charge in [-0.15, -0.1) is 0 Å². The fraction of sp³-hybridized carbons (Fsp3) is 0.118. The summed E-state index contributed by atoms with van der Waals surface area (Å²) < 4.78 is 29.7. The van der Waals surface area contributed by atoms with Crippen molar-refractivity contribution in [2.24, 2.45) is 5.10 Å². The fourth-order valence-electron chi connectivity index (χ4n) is 2.13. The fourth-order valence-corrected chi connectivity index (χ4v) is 2.92. The number of hydrazone groups is 1. The molecule has 128 valence electrons. The first-order chi connectivity index (χ1) is 12.1. The Hall–Kier alpha value is -3.00. The quantitative estimate of drug-likeness (QED) is 0.540. The highest BCUT2D eigenvalue weighted by atomic mass is 32.2. The molecule has 1 N–H and O–H groups in total. The SMILES string of the molecule is CCOc1ccc(S(=O)(=O)N/N=C\c2cnc3ccccc3n2)cc1. The molecular formula is C17H16N4O3S. The first-order valence-electron chi connectivity index (χ1n) is 7.58. The second-order valence-corrected chi connectivity index (χ2v) is 6.70. The highest BCUT2D eigenvalue weighted by Gasteiger charge is 2.12. The molecule has 0 atom stereocenters. The molecule has 7 nitrogen and oxygen atoms in total. The lowest BCUT2D eigenvalue weighted by atomic mass is 10.3. The molecule has 0 saturated carbocycles.